The number of benzene rings is 2. The first-order valence-electron chi connectivity index (χ1n) is 7.56. The minimum absolute atomic E-state index is 0.191. The van der Waals surface area contributed by atoms with E-state index in [4.69, 9.17) is 23.2 Å². The first-order chi connectivity index (χ1) is 12.0. The second-order valence-electron chi connectivity index (χ2n) is 5.38. The Hall–Kier alpha value is -2.56. The smallest absolute Gasteiger partial charge is 0.276 e. The number of hydrogen-bond acceptors (Lipinski definition) is 3. The molecule has 4 nitrogen and oxygen atoms in total. The summed E-state index contributed by atoms with van der Waals surface area (Å²) in [5.41, 5.74) is 2.65. The lowest BCUT2D eigenvalue weighted by molar-refractivity contribution is 0.0988. The highest BCUT2D eigenvalue weighted by Gasteiger charge is 2.15. The molecule has 0 aliphatic rings. The van der Waals surface area contributed by atoms with Crippen molar-refractivity contribution >= 4 is 46.2 Å². The molecule has 1 N–H and O–H groups in total. The number of carbonyl (C=O) groups excluding carboxylic acids is 1. The van der Waals surface area contributed by atoms with E-state index in [1.54, 1.807) is 42.4 Å². The van der Waals surface area contributed by atoms with Crippen LogP contribution in [0.5, 0.6) is 0 Å². The third-order valence-electron chi connectivity index (χ3n) is 3.64. The van der Waals surface area contributed by atoms with Crippen molar-refractivity contribution in [2.45, 2.75) is 0 Å². The van der Waals surface area contributed by atoms with E-state index in [0.717, 1.165) is 17.1 Å². The van der Waals surface area contributed by atoms with Gasteiger partial charge in [-0.25, -0.2) is 0 Å². The molecule has 0 saturated heterocycles. The Labute approximate surface area is 156 Å². The van der Waals surface area contributed by atoms with Crippen LogP contribution < -0.4 is 10.2 Å². The summed E-state index contributed by atoms with van der Waals surface area (Å²) in [7, 11) is 1.72. The molecular weight excluding hydrogens is 357 g/mol. The molecule has 1 aromatic heterocycles. The monoisotopic (exact) mass is 371 g/mol. The Morgan fingerprint density at radius 3 is 2.40 bits per heavy atom. The number of carbonyl (C=O) groups is 1. The van der Waals surface area contributed by atoms with E-state index in [1.807, 2.05) is 36.4 Å². The third-order valence-corrected chi connectivity index (χ3v) is 4.37. The standard InChI is InChI=1S/C19H15Cl2N3O/c1-24(15-5-3-2-4-6-15)19(25)18-12-14(9-10-22-18)23-13-7-8-16(20)17(21)11-13/h2-12H,1H3,(H,22,23). The number of nitrogens with one attached hydrogen (secondary N) is 1. The second kappa shape index (κ2) is 7.55. The van der Waals surface area contributed by atoms with Gasteiger partial charge in [0.1, 0.15) is 5.69 Å². The molecule has 0 aliphatic carbocycles. The van der Waals surface area contributed by atoms with Crippen LogP contribution >= 0.6 is 23.2 Å². The largest absolute Gasteiger partial charge is 0.355 e. The number of halogens is 2. The van der Waals surface area contributed by atoms with Gasteiger partial charge in [-0.05, 0) is 42.5 Å². The summed E-state index contributed by atoms with van der Waals surface area (Å²) in [6.45, 7) is 0. The first-order valence-corrected chi connectivity index (χ1v) is 8.31. The summed E-state index contributed by atoms with van der Waals surface area (Å²) >= 11 is 11.9. The van der Waals surface area contributed by atoms with Crippen LogP contribution in [0.2, 0.25) is 10.0 Å². The predicted molar refractivity (Wildman–Crippen MR) is 103 cm³/mol. The van der Waals surface area contributed by atoms with Crippen LogP contribution in [0.4, 0.5) is 17.1 Å². The van der Waals surface area contributed by atoms with Gasteiger partial charge in [0.05, 0.1) is 10.0 Å². The fourth-order valence-electron chi connectivity index (χ4n) is 2.31. The van der Waals surface area contributed by atoms with Crippen molar-refractivity contribution in [3.8, 4) is 0 Å². The topological polar surface area (TPSA) is 45.2 Å². The predicted octanol–water partition coefficient (Wildman–Crippen LogP) is 5.41. The lowest BCUT2D eigenvalue weighted by Crippen LogP contribution is -2.27. The summed E-state index contributed by atoms with van der Waals surface area (Å²) < 4.78 is 0. The molecule has 0 radical (unpaired) electrons. The summed E-state index contributed by atoms with van der Waals surface area (Å²) in [5, 5.41) is 4.14. The molecule has 25 heavy (non-hydrogen) atoms. The van der Waals surface area contributed by atoms with Gasteiger partial charge in [0, 0.05) is 30.3 Å². The fourth-order valence-corrected chi connectivity index (χ4v) is 2.60. The molecular formula is C19H15Cl2N3O. The SMILES string of the molecule is CN(C(=O)c1cc(Nc2ccc(Cl)c(Cl)c2)ccn1)c1ccccc1. The fraction of sp³-hybridized carbons (Fsp3) is 0.0526. The van der Waals surface area contributed by atoms with E-state index in [0.29, 0.717) is 15.7 Å². The average molecular weight is 372 g/mol. The molecule has 1 amide bonds. The number of para-hydroxylation sites is 1. The molecule has 0 bridgehead atoms. The first kappa shape index (κ1) is 17.3. The van der Waals surface area contributed by atoms with Gasteiger partial charge in [-0.3, -0.25) is 9.78 Å². The molecule has 0 fully saturated rings. The summed E-state index contributed by atoms with van der Waals surface area (Å²) in [6.07, 6.45) is 1.59. The summed E-state index contributed by atoms with van der Waals surface area (Å²) in [4.78, 5) is 18.4. The van der Waals surface area contributed by atoms with Gasteiger partial charge < -0.3 is 10.2 Å². The Kier molecular flexibility index (Phi) is 5.22. The number of nitrogens with zero attached hydrogens (tertiary/aromatic N) is 2. The maximum atomic E-state index is 12.6. The lowest BCUT2D eigenvalue weighted by Gasteiger charge is -2.17. The normalized spacial score (nSPS) is 10.4. The Balaban J connectivity index is 1.81. The molecule has 2 aromatic carbocycles. The minimum Gasteiger partial charge on any atom is -0.355 e. The number of aromatic nitrogens is 1. The van der Waals surface area contributed by atoms with Gasteiger partial charge in [-0.2, -0.15) is 0 Å². The van der Waals surface area contributed by atoms with Gasteiger partial charge in [0.2, 0.25) is 0 Å². The van der Waals surface area contributed by atoms with E-state index in [2.05, 4.69) is 10.3 Å². The van der Waals surface area contributed by atoms with E-state index >= 15 is 0 Å². The van der Waals surface area contributed by atoms with E-state index < -0.39 is 0 Å². The number of hydrogen-bond donors (Lipinski definition) is 1. The van der Waals surface area contributed by atoms with Crippen molar-refractivity contribution in [1.82, 2.24) is 4.98 Å². The molecule has 0 saturated carbocycles. The molecule has 3 rings (SSSR count). The quantitative estimate of drug-likeness (QED) is 0.666. The molecule has 1 heterocycles. The lowest BCUT2D eigenvalue weighted by atomic mass is 10.2. The van der Waals surface area contributed by atoms with Crippen molar-refractivity contribution in [3.05, 3.63) is 82.6 Å². The Bertz CT molecular complexity index is 900. The molecule has 126 valence electrons. The molecule has 3 aromatic rings. The van der Waals surface area contributed by atoms with Crippen LogP contribution in [-0.4, -0.2) is 17.9 Å². The molecule has 6 heteroatoms. The van der Waals surface area contributed by atoms with E-state index in [-0.39, 0.29) is 5.91 Å². The number of amides is 1. The van der Waals surface area contributed by atoms with E-state index in [1.165, 1.54) is 0 Å². The molecule has 0 atom stereocenters. The summed E-state index contributed by atoms with van der Waals surface area (Å²) in [6, 6.07) is 18.1. The van der Waals surface area contributed by atoms with E-state index in [9.17, 15) is 4.79 Å². The van der Waals surface area contributed by atoms with Gasteiger partial charge >= 0.3 is 0 Å². The molecule has 0 aliphatic heterocycles. The average Bonchev–Trinajstić information content (AvgIpc) is 2.64. The van der Waals surface area contributed by atoms with Crippen LogP contribution in [0, 0.1) is 0 Å². The Morgan fingerprint density at radius 2 is 1.68 bits per heavy atom. The van der Waals surface area contributed by atoms with Crippen LogP contribution in [0.25, 0.3) is 0 Å². The van der Waals surface area contributed by atoms with Crippen molar-refractivity contribution < 1.29 is 4.79 Å². The van der Waals surface area contributed by atoms with Gasteiger partial charge in [-0.15, -0.1) is 0 Å². The van der Waals surface area contributed by atoms with Gasteiger partial charge in [-0.1, -0.05) is 41.4 Å². The maximum Gasteiger partial charge on any atom is 0.276 e. The summed E-state index contributed by atoms with van der Waals surface area (Å²) in [5.74, 6) is -0.191. The second-order valence-corrected chi connectivity index (χ2v) is 6.20. The zero-order valence-electron chi connectivity index (χ0n) is 13.4. The Morgan fingerprint density at radius 1 is 0.960 bits per heavy atom. The highest BCUT2D eigenvalue weighted by Crippen LogP contribution is 2.27. The van der Waals surface area contributed by atoms with Crippen molar-refractivity contribution in [2.75, 3.05) is 17.3 Å². The minimum atomic E-state index is -0.191. The third kappa shape index (κ3) is 4.10. The number of anilines is 3. The van der Waals surface area contributed by atoms with Gasteiger partial charge in [0.25, 0.3) is 5.91 Å². The van der Waals surface area contributed by atoms with Crippen molar-refractivity contribution in [3.63, 3.8) is 0 Å². The number of rotatable bonds is 4. The van der Waals surface area contributed by atoms with Crippen LogP contribution in [0.15, 0.2) is 66.9 Å². The van der Waals surface area contributed by atoms with Crippen LogP contribution in [-0.2, 0) is 0 Å². The highest BCUT2D eigenvalue weighted by atomic mass is 35.5. The highest BCUT2D eigenvalue weighted by molar-refractivity contribution is 6.42. The molecule has 0 unspecified atom stereocenters. The van der Waals surface area contributed by atoms with Crippen molar-refractivity contribution in [1.29, 1.82) is 0 Å². The zero-order valence-corrected chi connectivity index (χ0v) is 14.9. The van der Waals surface area contributed by atoms with Crippen LogP contribution in [0.1, 0.15) is 10.5 Å². The van der Waals surface area contributed by atoms with Crippen molar-refractivity contribution in [2.24, 2.45) is 0 Å². The van der Waals surface area contributed by atoms with Gasteiger partial charge in [0.15, 0.2) is 0 Å². The maximum absolute atomic E-state index is 12.6. The number of pyridine rings is 1. The zero-order chi connectivity index (χ0) is 17.8. The molecule has 0 spiro atoms. The van der Waals surface area contributed by atoms with Crippen LogP contribution in [0.3, 0.4) is 0 Å².